The largest absolute Gasteiger partial charge is 0.345 e. The lowest BCUT2D eigenvalue weighted by Crippen LogP contribution is -2.38. The molecule has 0 radical (unpaired) electrons. The van der Waals surface area contributed by atoms with Crippen LogP contribution in [0.3, 0.4) is 0 Å². The van der Waals surface area contributed by atoms with Crippen molar-refractivity contribution in [3.63, 3.8) is 0 Å². The molecule has 1 aliphatic rings. The van der Waals surface area contributed by atoms with Gasteiger partial charge in [-0.3, -0.25) is 4.79 Å². The highest BCUT2D eigenvalue weighted by Crippen LogP contribution is 2.36. The second-order valence-electron chi connectivity index (χ2n) is 4.08. The molecule has 1 amide bonds. The lowest BCUT2D eigenvalue weighted by molar-refractivity contribution is -0.138. The van der Waals surface area contributed by atoms with Crippen LogP contribution in [-0.4, -0.2) is 35.7 Å². The van der Waals surface area contributed by atoms with Crippen LogP contribution in [0.4, 0.5) is 8.78 Å². The van der Waals surface area contributed by atoms with Crippen LogP contribution >= 0.6 is 15.9 Å². The van der Waals surface area contributed by atoms with E-state index in [9.17, 15) is 13.6 Å². The zero-order chi connectivity index (χ0) is 11.5. The summed E-state index contributed by atoms with van der Waals surface area (Å²) >= 11 is 3.25. The molecule has 1 rings (SSSR count). The van der Waals surface area contributed by atoms with E-state index in [1.165, 1.54) is 0 Å². The molecule has 88 valence electrons. The van der Waals surface area contributed by atoms with Gasteiger partial charge in [-0.2, -0.15) is 0 Å². The smallest absolute Gasteiger partial charge is 0.248 e. The molecule has 0 aromatic heterocycles. The summed E-state index contributed by atoms with van der Waals surface area (Å²) in [5, 5.41) is 0.720. The molecule has 0 aromatic carbocycles. The Bertz CT molecular complexity index is 225. The number of carbonyl (C=O) groups is 1. The lowest BCUT2D eigenvalue weighted by atomic mass is 9.86. The summed E-state index contributed by atoms with van der Waals surface area (Å²) in [4.78, 5) is 13.4. The molecule has 0 heterocycles. The molecule has 2 nitrogen and oxygen atoms in total. The molecule has 0 N–H and O–H groups in total. The summed E-state index contributed by atoms with van der Waals surface area (Å²) in [5.74, 6) is -2.75. The topological polar surface area (TPSA) is 20.3 Å². The van der Waals surface area contributed by atoms with E-state index >= 15 is 0 Å². The molecule has 5 heteroatoms. The van der Waals surface area contributed by atoms with Gasteiger partial charge in [0.2, 0.25) is 11.8 Å². The average molecular weight is 284 g/mol. The van der Waals surface area contributed by atoms with Gasteiger partial charge >= 0.3 is 0 Å². The SMILES string of the molecule is CN(CCBr)C(=O)C1CCC(F)(F)CC1. The Morgan fingerprint density at radius 2 is 2.00 bits per heavy atom. The molecule has 0 aliphatic heterocycles. The zero-order valence-corrected chi connectivity index (χ0v) is 10.4. The van der Waals surface area contributed by atoms with Crippen molar-refractivity contribution in [3.05, 3.63) is 0 Å². The first kappa shape index (κ1) is 12.9. The van der Waals surface area contributed by atoms with Gasteiger partial charge in [0.1, 0.15) is 0 Å². The summed E-state index contributed by atoms with van der Waals surface area (Å²) in [5.41, 5.74) is 0. The van der Waals surface area contributed by atoms with Crippen molar-refractivity contribution in [3.8, 4) is 0 Å². The monoisotopic (exact) mass is 283 g/mol. The quantitative estimate of drug-likeness (QED) is 0.730. The maximum Gasteiger partial charge on any atom is 0.248 e. The summed E-state index contributed by atoms with van der Waals surface area (Å²) in [6.07, 6.45) is 0.341. The Morgan fingerprint density at radius 3 is 2.47 bits per heavy atom. The van der Waals surface area contributed by atoms with Crippen molar-refractivity contribution in [2.24, 2.45) is 5.92 Å². The number of alkyl halides is 3. The van der Waals surface area contributed by atoms with Crippen LogP contribution in [0.5, 0.6) is 0 Å². The molecule has 1 saturated carbocycles. The van der Waals surface area contributed by atoms with Crippen molar-refractivity contribution < 1.29 is 13.6 Å². The van der Waals surface area contributed by atoms with E-state index in [0.717, 1.165) is 5.33 Å². The third kappa shape index (κ3) is 3.70. The molecule has 0 spiro atoms. The minimum Gasteiger partial charge on any atom is -0.345 e. The van der Waals surface area contributed by atoms with Gasteiger partial charge in [-0.1, -0.05) is 15.9 Å². The standard InChI is InChI=1S/C10H16BrF2NO/c1-14(7-6-11)9(15)8-2-4-10(12,13)5-3-8/h8H,2-7H2,1H3. The van der Waals surface area contributed by atoms with Gasteiger partial charge < -0.3 is 4.90 Å². The number of rotatable bonds is 3. The number of carbonyl (C=O) groups excluding carboxylic acids is 1. The highest BCUT2D eigenvalue weighted by Gasteiger charge is 2.37. The van der Waals surface area contributed by atoms with Crippen LogP contribution in [0.1, 0.15) is 25.7 Å². The number of amides is 1. The van der Waals surface area contributed by atoms with Gasteiger partial charge in [-0.15, -0.1) is 0 Å². The number of nitrogens with zero attached hydrogens (tertiary/aromatic N) is 1. The normalized spacial score (nSPS) is 21.3. The molecule has 0 aromatic rings. The van der Waals surface area contributed by atoms with Gasteiger partial charge in [0.15, 0.2) is 0 Å². The highest BCUT2D eigenvalue weighted by atomic mass is 79.9. The average Bonchev–Trinajstić information content (AvgIpc) is 2.17. The fraction of sp³-hybridized carbons (Fsp3) is 0.900. The Hall–Kier alpha value is -0.190. The van der Waals surface area contributed by atoms with Crippen LogP contribution in [0, 0.1) is 5.92 Å². The van der Waals surface area contributed by atoms with Crippen molar-refractivity contribution in [1.82, 2.24) is 4.90 Å². The molecule has 0 unspecified atom stereocenters. The molecule has 1 fully saturated rings. The molecule has 1 aliphatic carbocycles. The van der Waals surface area contributed by atoms with Crippen molar-refractivity contribution in [2.75, 3.05) is 18.9 Å². The maximum atomic E-state index is 12.9. The zero-order valence-electron chi connectivity index (χ0n) is 8.81. The van der Waals surface area contributed by atoms with Crippen LogP contribution < -0.4 is 0 Å². The van der Waals surface area contributed by atoms with Crippen molar-refractivity contribution in [2.45, 2.75) is 31.6 Å². The van der Waals surface area contributed by atoms with E-state index < -0.39 is 5.92 Å². The van der Waals surface area contributed by atoms with Crippen molar-refractivity contribution >= 4 is 21.8 Å². The van der Waals surface area contributed by atoms with Crippen LogP contribution in [0.2, 0.25) is 0 Å². The van der Waals surface area contributed by atoms with E-state index in [2.05, 4.69) is 15.9 Å². The van der Waals surface area contributed by atoms with Crippen molar-refractivity contribution in [1.29, 1.82) is 0 Å². The third-order valence-electron chi connectivity index (χ3n) is 2.86. The number of hydrogen-bond donors (Lipinski definition) is 0. The van der Waals surface area contributed by atoms with E-state index in [1.54, 1.807) is 11.9 Å². The molecule has 0 atom stereocenters. The molecule has 0 bridgehead atoms. The summed E-state index contributed by atoms with van der Waals surface area (Å²) in [6, 6.07) is 0. The molecule has 15 heavy (non-hydrogen) atoms. The minimum atomic E-state index is -2.55. The fourth-order valence-electron chi connectivity index (χ4n) is 1.84. The first-order chi connectivity index (χ1) is 6.96. The molecule has 0 saturated heterocycles. The number of halogens is 3. The van der Waals surface area contributed by atoms with E-state index in [0.29, 0.717) is 19.4 Å². The number of hydrogen-bond acceptors (Lipinski definition) is 1. The van der Waals surface area contributed by atoms with Crippen LogP contribution in [-0.2, 0) is 4.79 Å². The molecular formula is C10H16BrF2NO. The second-order valence-corrected chi connectivity index (χ2v) is 4.87. The van der Waals surface area contributed by atoms with E-state index in [-0.39, 0.29) is 24.7 Å². The van der Waals surface area contributed by atoms with Crippen LogP contribution in [0.25, 0.3) is 0 Å². The van der Waals surface area contributed by atoms with E-state index in [1.807, 2.05) is 0 Å². The Morgan fingerprint density at radius 1 is 1.47 bits per heavy atom. The third-order valence-corrected chi connectivity index (χ3v) is 3.22. The van der Waals surface area contributed by atoms with Gasteiger partial charge in [0.25, 0.3) is 0 Å². The lowest BCUT2D eigenvalue weighted by Gasteiger charge is -2.30. The Kier molecular flexibility index (Phi) is 4.49. The van der Waals surface area contributed by atoms with E-state index in [4.69, 9.17) is 0 Å². The first-order valence-electron chi connectivity index (χ1n) is 5.15. The Labute approximate surface area is 97.1 Å². The summed E-state index contributed by atoms with van der Waals surface area (Å²) in [6.45, 7) is 0.631. The molecular weight excluding hydrogens is 268 g/mol. The first-order valence-corrected chi connectivity index (χ1v) is 6.27. The van der Waals surface area contributed by atoms with Gasteiger partial charge in [0, 0.05) is 37.7 Å². The van der Waals surface area contributed by atoms with Crippen LogP contribution in [0.15, 0.2) is 0 Å². The highest BCUT2D eigenvalue weighted by molar-refractivity contribution is 9.09. The summed E-state index contributed by atoms with van der Waals surface area (Å²) in [7, 11) is 1.72. The summed E-state index contributed by atoms with van der Waals surface area (Å²) < 4.78 is 25.7. The Balaban J connectivity index is 2.42. The predicted octanol–water partition coefficient (Wildman–Crippen LogP) is 2.67. The van der Waals surface area contributed by atoms with Gasteiger partial charge in [0.05, 0.1) is 0 Å². The fourth-order valence-corrected chi connectivity index (χ4v) is 2.37. The predicted molar refractivity (Wildman–Crippen MR) is 58.3 cm³/mol. The van der Waals surface area contributed by atoms with Gasteiger partial charge in [-0.25, -0.2) is 8.78 Å². The minimum absolute atomic E-state index is 0.00458. The van der Waals surface area contributed by atoms with Gasteiger partial charge in [-0.05, 0) is 12.8 Å². The maximum absolute atomic E-state index is 12.9. The second kappa shape index (κ2) is 5.23.